The molecule has 2 heterocycles. The summed E-state index contributed by atoms with van der Waals surface area (Å²) < 4.78 is 1.94. The van der Waals surface area contributed by atoms with Gasteiger partial charge in [-0.05, 0) is 12.3 Å². The molecule has 0 aromatic carbocycles. The van der Waals surface area contributed by atoms with E-state index in [0.29, 0.717) is 6.54 Å². The number of imidazole rings is 1. The fraction of sp³-hybridized carbons (Fsp3) is 0.615. The Morgan fingerprint density at radius 1 is 1.42 bits per heavy atom. The van der Waals surface area contributed by atoms with Crippen molar-refractivity contribution < 1.29 is 9.59 Å². The maximum atomic E-state index is 12.1. The molecule has 2 rings (SSSR count). The van der Waals surface area contributed by atoms with Gasteiger partial charge in [-0.2, -0.15) is 0 Å². The van der Waals surface area contributed by atoms with Crippen LogP contribution in [0.5, 0.6) is 0 Å². The largest absolute Gasteiger partial charge is 0.337 e. The fourth-order valence-corrected chi connectivity index (χ4v) is 2.20. The Labute approximate surface area is 112 Å². The minimum atomic E-state index is -0.356. The van der Waals surface area contributed by atoms with E-state index in [4.69, 9.17) is 0 Å². The Bertz CT molecular complexity index is 444. The Kier molecular flexibility index (Phi) is 4.19. The minimum absolute atomic E-state index is 0.0926. The number of nitrogens with one attached hydrogen (secondary N) is 1. The molecule has 0 bridgehead atoms. The second-order valence-electron chi connectivity index (χ2n) is 4.96. The molecule has 0 radical (unpaired) electrons. The molecule has 2 atom stereocenters. The molecule has 0 aliphatic carbocycles. The fourth-order valence-electron chi connectivity index (χ4n) is 2.20. The molecule has 0 saturated carbocycles. The number of aromatic nitrogens is 2. The number of nitrogens with zero attached hydrogens (tertiary/aromatic N) is 3. The number of amides is 3. The van der Waals surface area contributed by atoms with Crippen LogP contribution in [0.4, 0.5) is 4.79 Å². The first-order valence-electron chi connectivity index (χ1n) is 6.71. The van der Waals surface area contributed by atoms with Crippen LogP contribution < -0.4 is 5.32 Å². The minimum Gasteiger partial charge on any atom is -0.337 e. The van der Waals surface area contributed by atoms with Crippen molar-refractivity contribution >= 4 is 11.9 Å². The Balaban J connectivity index is 1.86. The van der Waals surface area contributed by atoms with Crippen molar-refractivity contribution in [1.29, 1.82) is 0 Å². The van der Waals surface area contributed by atoms with Gasteiger partial charge in [0.25, 0.3) is 5.91 Å². The van der Waals surface area contributed by atoms with Crippen LogP contribution in [0.15, 0.2) is 18.7 Å². The van der Waals surface area contributed by atoms with Crippen molar-refractivity contribution in [2.75, 3.05) is 6.54 Å². The van der Waals surface area contributed by atoms with E-state index in [0.717, 1.165) is 19.4 Å². The molecule has 1 unspecified atom stereocenters. The number of hydrogen-bond donors (Lipinski definition) is 1. The monoisotopic (exact) mass is 264 g/mol. The SMILES string of the molecule is CCC(C)[C@@H]1NC(=O)N(CCCn2ccnc2)C1=O. The maximum absolute atomic E-state index is 12.1. The van der Waals surface area contributed by atoms with Gasteiger partial charge in [-0.25, -0.2) is 9.78 Å². The van der Waals surface area contributed by atoms with Crippen LogP contribution in [0, 0.1) is 5.92 Å². The van der Waals surface area contributed by atoms with E-state index in [2.05, 4.69) is 10.3 Å². The zero-order valence-electron chi connectivity index (χ0n) is 11.4. The zero-order valence-corrected chi connectivity index (χ0v) is 11.4. The summed E-state index contributed by atoms with van der Waals surface area (Å²) >= 11 is 0. The van der Waals surface area contributed by atoms with Crippen LogP contribution in [0.3, 0.4) is 0 Å². The third-order valence-corrected chi connectivity index (χ3v) is 3.63. The maximum Gasteiger partial charge on any atom is 0.324 e. The summed E-state index contributed by atoms with van der Waals surface area (Å²) in [6.07, 6.45) is 6.93. The summed E-state index contributed by atoms with van der Waals surface area (Å²) in [4.78, 5) is 29.2. The lowest BCUT2D eigenvalue weighted by atomic mass is 9.99. The second kappa shape index (κ2) is 5.86. The molecule has 1 aliphatic rings. The number of urea groups is 1. The smallest absolute Gasteiger partial charge is 0.324 e. The Morgan fingerprint density at radius 3 is 2.84 bits per heavy atom. The number of hydrogen-bond acceptors (Lipinski definition) is 3. The van der Waals surface area contributed by atoms with Crippen molar-refractivity contribution in [3.05, 3.63) is 18.7 Å². The van der Waals surface area contributed by atoms with E-state index in [1.54, 1.807) is 12.5 Å². The molecular formula is C13H20N4O2. The third-order valence-electron chi connectivity index (χ3n) is 3.63. The van der Waals surface area contributed by atoms with Gasteiger partial charge in [-0.15, -0.1) is 0 Å². The normalized spacial score (nSPS) is 20.7. The lowest BCUT2D eigenvalue weighted by Crippen LogP contribution is -2.36. The highest BCUT2D eigenvalue weighted by Crippen LogP contribution is 2.17. The van der Waals surface area contributed by atoms with Gasteiger partial charge in [0.2, 0.25) is 0 Å². The molecule has 104 valence electrons. The van der Waals surface area contributed by atoms with Gasteiger partial charge in [0.15, 0.2) is 0 Å². The average Bonchev–Trinajstić information content (AvgIpc) is 3.00. The summed E-state index contributed by atoms with van der Waals surface area (Å²) in [5.41, 5.74) is 0. The molecule has 1 fully saturated rings. The summed E-state index contributed by atoms with van der Waals surface area (Å²) in [6.45, 7) is 5.21. The quantitative estimate of drug-likeness (QED) is 0.786. The predicted octanol–water partition coefficient (Wildman–Crippen LogP) is 1.24. The second-order valence-corrected chi connectivity index (χ2v) is 4.96. The molecule has 6 nitrogen and oxygen atoms in total. The van der Waals surface area contributed by atoms with Crippen LogP contribution in [0.25, 0.3) is 0 Å². The molecule has 1 aromatic heterocycles. The van der Waals surface area contributed by atoms with Crippen LogP contribution in [0.1, 0.15) is 26.7 Å². The predicted molar refractivity (Wildman–Crippen MR) is 70.3 cm³/mol. The van der Waals surface area contributed by atoms with Crippen LogP contribution in [0.2, 0.25) is 0 Å². The number of carbonyl (C=O) groups excluding carboxylic acids is 2. The van der Waals surface area contributed by atoms with Gasteiger partial charge in [0.1, 0.15) is 6.04 Å². The molecule has 0 spiro atoms. The number of aryl methyl sites for hydroxylation is 1. The number of rotatable bonds is 6. The van der Waals surface area contributed by atoms with Gasteiger partial charge < -0.3 is 9.88 Å². The molecular weight excluding hydrogens is 244 g/mol. The van der Waals surface area contributed by atoms with Crippen LogP contribution in [-0.2, 0) is 11.3 Å². The van der Waals surface area contributed by atoms with Gasteiger partial charge in [-0.1, -0.05) is 20.3 Å². The molecule has 19 heavy (non-hydrogen) atoms. The highest BCUT2D eigenvalue weighted by Gasteiger charge is 2.39. The lowest BCUT2D eigenvalue weighted by Gasteiger charge is -2.16. The van der Waals surface area contributed by atoms with E-state index < -0.39 is 0 Å². The van der Waals surface area contributed by atoms with Crippen LogP contribution >= 0.6 is 0 Å². The lowest BCUT2D eigenvalue weighted by molar-refractivity contribution is -0.128. The number of carbonyl (C=O) groups is 2. The standard InChI is InChI=1S/C13H20N4O2/c1-3-10(2)11-12(18)17(13(19)15-11)7-4-6-16-8-5-14-9-16/h5,8-11H,3-4,6-7H2,1-2H3,(H,15,19)/t10?,11-/m0/s1. The first-order valence-corrected chi connectivity index (χ1v) is 6.71. The summed E-state index contributed by atoms with van der Waals surface area (Å²) in [5, 5.41) is 2.77. The van der Waals surface area contributed by atoms with E-state index in [-0.39, 0.29) is 23.9 Å². The summed E-state index contributed by atoms with van der Waals surface area (Å²) in [7, 11) is 0. The Hall–Kier alpha value is -1.85. The highest BCUT2D eigenvalue weighted by atomic mass is 16.2. The molecule has 1 saturated heterocycles. The first-order chi connectivity index (χ1) is 9.13. The van der Waals surface area contributed by atoms with Crippen molar-refractivity contribution in [2.24, 2.45) is 5.92 Å². The van der Waals surface area contributed by atoms with Gasteiger partial charge in [0.05, 0.1) is 6.33 Å². The third kappa shape index (κ3) is 2.94. The van der Waals surface area contributed by atoms with Gasteiger partial charge >= 0.3 is 6.03 Å². The molecule has 1 aliphatic heterocycles. The van der Waals surface area contributed by atoms with Crippen molar-refractivity contribution in [3.8, 4) is 0 Å². The van der Waals surface area contributed by atoms with Crippen LogP contribution in [-0.4, -0.2) is 39.0 Å². The first kappa shape index (κ1) is 13.6. The topological polar surface area (TPSA) is 67.2 Å². The molecule has 6 heteroatoms. The van der Waals surface area contributed by atoms with E-state index in [9.17, 15) is 9.59 Å². The molecule has 1 N–H and O–H groups in total. The van der Waals surface area contributed by atoms with Gasteiger partial charge in [-0.3, -0.25) is 9.69 Å². The number of imide groups is 1. The highest BCUT2D eigenvalue weighted by molar-refractivity contribution is 6.04. The summed E-state index contributed by atoms with van der Waals surface area (Å²) in [6, 6.07) is -0.619. The molecule has 3 amide bonds. The molecule has 1 aromatic rings. The Morgan fingerprint density at radius 2 is 2.21 bits per heavy atom. The zero-order chi connectivity index (χ0) is 13.8. The van der Waals surface area contributed by atoms with Crippen molar-refractivity contribution in [1.82, 2.24) is 19.8 Å². The van der Waals surface area contributed by atoms with Crippen molar-refractivity contribution in [2.45, 2.75) is 39.3 Å². The van der Waals surface area contributed by atoms with E-state index in [1.807, 2.05) is 24.6 Å². The summed E-state index contributed by atoms with van der Waals surface area (Å²) in [5.74, 6) is 0.0834. The van der Waals surface area contributed by atoms with Gasteiger partial charge in [0, 0.05) is 25.5 Å². The van der Waals surface area contributed by atoms with E-state index >= 15 is 0 Å². The van der Waals surface area contributed by atoms with E-state index in [1.165, 1.54) is 4.90 Å². The van der Waals surface area contributed by atoms with Crippen molar-refractivity contribution in [3.63, 3.8) is 0 Å². The average molecular weight is 264 g/mol.